The van der Waals surface area contributed by atoms with Crippen LogP contribution in [-0.2, 0) is 0 Å². The first-order valence-corrected chi connectivity index (χ1v) is 9.11. The van der Waals surface area contributed by atoms with E-state index >= 15 is 0 Å². The second-order valence-electron chi connectivity index (χ2n) is 5.97. The maximum atomic E-state index is 5.36. The van der Waals surface area contributed by atoms with Crippen LogP contribution in [0.1, 0.15) is 24.5 Å². The number of allylic oxidation sites excluding steroid dienone is 1. The second-order valence-corrected chi connectivity index (χ2v) is 6.60. The lowest BCUT2D eigenvalue weighted by atomic mass is 10.1. The number of anilines is 2. The summed E-state index contributed by atoms with van der Waals surface area (Å²) in [4.78, 5) is 8.72. The lowest BCUT2D eigenvalue weighted by Crippen LogP contribution is -2.04. The van der Waals surface area contributed by atoms with Crippen molar-refractivity contribution in [1.29, 1.82) is 0 Å². The molecule has 26 heavy (non-hydrogen) atoms. The van der Waals surface area contributed by atoms with Gasteiger partial charge in [0.15, 0.2) is 0 Å². The summed E-state index contributed by atoms with van der Waals surface area (Å²) in [6.07, 6.45) is 4.52. The minimum atomic E-state index is 0.795. The topological polar surface area (TPSA) is 47.0 Å². The lowest BCUT2D eigenvalue weighted by molar-refractivity contribution is 0.412. The van der Waals surface area contributed by atoms with E-state index in [0.717, 1.165) is 45.4 Å². The molecule has 0 bridgehead atoms. The molecule has 1 unspecified atom stereocenters. The van der Waals surface area contributed by atoms with E-state index in [0.29, 0.717) is 0 Å². The summed E-state index contributed by atoms with van der Waals surface area (Å²) in [5.74, 6) is 1.63. The minimum absolute atomic E-state index is 0.795. The van der Waals surface area contributed by atoms with Crippen molar-refractivity contribution < 1.29 is 4.74 Å². The number of ether oxygens (including phenoxy) is 1. The van der Waals surface area contributed by atoms with Crippen LogP contribution in [0.15, 0.2) is 49.3 Å². The maximum Gasteiger partial charge on any atom is 0.141 e. The number of fused-ring (bicyclic) bond motifs is 1. The van der Waals surface area contributed by atoms with E-state index in [9.17, 15) is 0 Å². The molecule has 1 atom stereocenters. The van der Waals surface area contributed by atoms with Gasteiger partial charge < -0.3 is 10.1 Å². The van der Waals surface area contributed by atoms with Crippen molar-refractivity contribution in [2.45, 2.75) is 27.2 Å². The van der Waals surface area contributed by atoms with Crippen LogP contribution in [0, 0.1) is 13.8 Å². The zero-order chi connectivity index (χ0) is 19.1. The number of hydrogen-bond acceptors (Lipinski definition) is 4. The third-order valence-electron chi connectivity index (χ3n) is 3.90. The molecule has 0 amide bonds. The van der Waals surface area contributed by atoms with Crippen molar-refractivity contribution in [3.8, 4) is 5.75 Å². The van der Waals surface area contributed by atoms with Gasteiger partial charge in [0.1, 0.15) is 17.9 Å². The molecule has 5 heteroatoms. The molecular formula is C21H26N3OP. The minimum Gasteiger partial charge on any atom is -0.496 e. The van der Waals surface area contributed by atoms with E-state index in [1.165, 1.54) is 5.56 Å². The molecule has 1 aromatic heterocycles. The van der Waals surface area contributed by atoms with Gasteiger partial charge >= 0.3 is 0 Å². The second kappa shape index (κ2) is 9.30. The highest BCUT2D eigenvalue weighted by molar-refractivity contribution is 7.28. The summed E-state index contributed by atoms with van der Waals surface area (Å²) < 4.78 is 5.36. The van der Waals surface area contributed by atoms with Gasteiger partial charge in [-0.15, -0.1) is 15.8 Å². The Balaban J connectivity index is 0.000000552. The van der Waals surface area contributed by atoms with Gasteiger partial charge in [0.25, 0.3) is 0 Å². The van der Waals surface area contributed by atoms with Crippen LogP contribution in [0.25, 0.3) is 10.9 Å². The van der Waals surface area contributed by atoms with E-state index in [4.69, 9.17) is 4.74 Å². The van der Waals surface area contributed by atoms with Gasteiger partial charge in [0, 0.05) is 17.1 Å². The summed E-state index contributed by atoms with van der Waals surface area (Å²) in [6.45, 7) is 9.63. The van der Waals surface area contributed by atoms with Crippen LogP contribution >= 0.6 is 9.24 Å². The molecule has 4 nitrogen and oxygen atoms in total. The predicted molar refractivity (Wildman–Crippen MR) is 115 cm³/mol. The van der Waals surface area contributed by atoms with Gasteiger partial charge in [-0.25, -0.2) is 9.97 Å². The zero-order valence-electron chi connectivity index (χ0n) is 15.8. The number of nitrogens with one attached hydrogen (secondary N) is 1. The molecule has 3 aromatic rings. The number of aromatic nitrogens is 2. The normalized spacial score (nSPS) is 10.0. The number of benzene rings is 2. The summed E-state index contributed by atoms with van der Waals surface area (Å²) in [5.41, 5.74) is 4.16. The van der Waals surface area contributed by atoms with Crippen molar-refractivity contribution in [2.24, 2.45) is 0 Å². The van der Waals surface area contributed by atoms with E-state index in [1.807, 2.05) is 25.1 Å². The smallest absolute Gasteiger partial charge is 0.141 e. The van der Waals surface area contributed by atoms with Crippen LogP contribution in [0.4, 0.5) is 11.5 Å². The summed E-state index contributed by atoms with van der Waals surface area (Å²) >= 11 is 0. The first kappa shape index (κ1) is 19.9. The van der Waals surface area contributed by atoms with Gasteiger partial charge in [-0.1, -0.05) is 30.7 Å². The third-order valence-corrected chi connectivity index (χ3v) is 4.38. The number of nitrogens with zero attached hydrogens (tertiary/aromatic N) is 2. The van der Waals surface area contributed by atoms with Crippen LogP contribution < -0.4 is 15.4 Å². The lowest BCUT2D eigenvalue weighted by Gasteiger charge is -2.12. The summed E-state index contributed by atoms with van der Waals surface area (Å²) in [7, 11) is 4.42. The Morgan fingerprint density at radius 2 is 1.92 bits per heavy atom. The summed E-state index contributed by atoms with van der Waals surface area (Å²) in [6, 6.07) is 10.2. The maximum absolute atomic E-state index is 5.36. The number of methoxy groups -OCH3 is 1. The van der Waals surface area contributed by atoms with Gasteiger partial charge in [0.05, 0.1) is 12.6 Å². The molecule has 1 heterocycles. The average molecular weight is 367 g/mol. The molecule has 0 aliphatic carbocycles. The Morgan fingerprint density at radius 1 is 1.19 bits per heavy atom. The molecule has 0 aliphatic rings. The predicted octanol–water partition coefficient (Wildman–Crippen LogP) is 5.08. The standard InChI is InChI=1S/C17H18N3OP.C4H8/c1-10-4-5-13(16(22)6-10)20-17-12-7-11(2)15(21-3)8-14(12)18-9-19-17;1-3-4-2/h4-9H,22H2,1-3H3,(H,18,19,20);3H,1,4H2,2H3. The average Bonchev–Trinajstić information content (AvgIpc) is 2.64. The van der Waals surface area contributed by atoms with Gasteiger partial charge in [-0.3, -0.25) is 0 Å². The van der Waals surface area contributed by atoms with Crippen LogP contribution in [0.2, 0.25) is 0 Å². The highest BCUT2D eigenvalue weighted by Gasteiger charge is 2.09. The molecule has 0 fully saturated rings. The van der Waals surface area contributed by atoms with E-state index in [-0.39, 0.29) is 0 Å². The van der Waals surface area contributed by atoms with Crippen molar-refractivity contribution in [3.05, 3.63) is 60.4 Å². The fraction of sp³-hybridized carbons (Fsp3) is 0.238. The van der Waals surface area contributed by atoms with Crippen LogP contribution in [-0.4, -0.2) is 17.1 Å². The van der Waals surface area contributed by atoms with Crippen molar-refractivity contribution in [1.82, 2.24) is 9.97 Å². The van der Waals surface area contributed by atoms with Crippen molar-refractivity contribution in [3.63, 3.8) is 0 Å². The molecule has 0 aliphatic heterocycles. The van der Waals surface area contributed by atoms with Gasteiger partial charge in [-0.2, -0.15) is 0 Å². The molecular weight excluding hydrogens is 341 g/mol. The molecule has 0 saturated carbocycles. The van der Waals surface area contributed by atoms with Gasteiger partial charge in [-0.05, 0) is 43.3 Å². The van der Waals surface area contributed by atoms with E-state index < -0.39 is 0 Å². The summed E-state index contributed by atoms with van der Waals surface area (Å²) in [5, 5.41) is 5.48. The fourth-order valence-electron chi connectivity index (χ4n) is 2.44. The fourth-order valence-corrected chi connectivity index (χ4v) is 2.87. The number of hydrogen-bond donors (Lipinski definition) is 1. The molecule has 0 radical (unpaired) electrons. The largest absolute Gasteiger partial charge is 0.496 e. The number of aryl methyl sites for hydroxylation is 2. The Morgan fingerprint density at radius 3 is 2.54 bits per heavy atom. The molecule has 3 rings (SSSR count). The molecule has 2 aromatic carbocycles. The molecule has 136 valence electrons. The molecule has 1 N–H and O–H groups in total. The van der Waals surface area contributed by atoms with E-state index in [2.05, 4.69) is 63.2 Å². The van der Waals surface area contributed by atoms with E-state index in [1.54, 1.807) is 13.4 Å². The van der Waals surface area contributed by atoms with Crippen molar-refractivity contribution >= 4 is 37.0 Å². The van der Waals surface area contributed by atoms with Crippen LogP contribution in [0.3, 0.4) is 0 Å². The van der Waals surface area contributed by atoms with Crippen LogP contribution in [0.5, 0.6) is 5.75 Å². The Labute approximate surface area is 157 Å². The Bertz CT molecular complexity index is 909. The SMILES string of the molecule is C=CCC.COc1cc2ncnc(Nc3ccc(C)cc3P)c2cc1C. The number of rotatable bonds is 4. The Kier molecular flexibility index (Phi) is 7.11. The first-order chi connectivity index (χ1) is 12.5. The first-order valence-electron chi connectivity index (χ1n) is 8.53. The molecule has 0 saturated heterocycles. The highest BCUT2D eigenvalue weighted by atomic mass is 31.0. The van der Waals surface area contributed by atoms with Crippen molar-refractivity contribution in [2.75, 3.05) is 12.4 Å². The van der Waals surface area contributed by atoms with Gasteiger partial charge in [0.2, 0.25) is 0 Å². The zero-order valence-corrected chi connectivity index (χ0v) is 17.0. The monoisotopic (exact) mass is 367 g/mol. The quantitative estimate of drug-likeness (QED) is 0.516. The molecule has 0 spiro atoms. The Hall–Kier alpha value is -2.45. The third kappa shape index (κ3) is 4.80. The highest BCUT2D eigenvalue weighted by Crippen LogP contribution is 2.29.